The third-order valence-electron chi connectivity index (χ3n) is 2.20. The van der Waals surface area contributed by atoms with Gasteiger partial charge >= 0.3 is 0 Å². The van der Waals surface area contributed by atoms with Crippen molar-refractivity contribution >= 4 is 12.0 Å². The minimum Gasteiger partial charge on any atom is -0.419 e. The third-order valence-corrected chi connectivity index (χ3v) is 2.94. The van der Waals surface area contributed by atoms with E-state index in [9.17, 15) is 0 Å². The van der Waals surface area contributed by atoms with Gasteiger partial charge in [-0.2, -0.15) is 0 Å². The molecule has 0 aliphatic carbocycles. The number of hydrogen-bond donors (Lipinski definition) is 0. The zero-order chi connectivity index (χ0) is 11.2. The topological polar surface area (TPSA) is 22.1 Å². The fourth-order valence-electron chi connectivity index (χ4n) is 1.27. The standard InChI is InChI=1S/C13H13NOS/c1-2-11-5-7-13(8-6-11)16-15-12-4-3-9-14-10-12/h3-10H,2H2,1H3. The predicted molar refractivity (Wildman–Crippen MR) is 66.5 cm³/mol. The van der Waals surface area contributed by atoms with Crippen molar-refractivity contribution in [1.29, 1.82) is 0 Å². The van der Waals surface area contributed by atoms with Gasteiger partial charge in [0.2, 0.25) is 0 Å². The molecule has 0 spiro atoms. The predicted octanol–water partition coefficient (Wildman–Crippen LogP) is 3.73. The summed E-state index contributed by atoms with van der Waals surface area (Å²) >= 11 is 1.35. The van der Waals surface area contributed by atoms with E-state index < -0.39 is 0 Å². The van der Waals surface area contributed by atoms with Crippen molar-refractivity contribution < 1.29 is 4.18 Å². The number of nitrogens with zero attached hydrogens (tertiary/aromatic N) is 1. The molecule has 0 unspecified atom stereocenters. The highest BCUT2D eigenvalue weighted by Crippen LogP contribution is 2.22. The van der Waals surface area contributed by atoms with Crippen molar-refractivity contribution in [3.05, 3.63) is 54.4 Å². The summed E-state index contributed by atoms with van der Waals surface area (Å²) in [4.78, 5) is 5.08. The molecule has 0 bridgehead atoms. The van der Waals surface area contributed by atoms with Gasteiger partial charge in [-0.15, -0.1) is 0 Å². The Morgan fingerprint density at radius 3 is 2.62 bits per heavy atom. The molecule has 0 saturated carbocycles. The van der Waals surface area contributed by atoms with E-state index in [-0.39, 0.29) is 0 Å². The Morgan fingerprint density at radius 1 is 1.19 bits per heavy atom. The number of rotatable bonds is 4. The molecule has 16 heavy (non-hydrogen) atoms. The van der Waals surface area contributed by atoms with Crippen molar-refractivity contribution in [1.82, 2.24) is 4.98 Å². The van der Waals surface area contributed by atoms with Crippen molar-refractivity contribution in [3.8, 4) is 5.75 Å². The summed E-state index contributed by atoms with van der Waals surface area (Å²) in [6, 6.07) is 12.1. The first-order valence-electron chi connectivity index (χ1n) is 5.22. The van der Waals surface area contributed by atoms with Gasteiger partial charge in [0, 0.05) is 11.1 Å². The van der Waals surface area contributed by atoms with Gasteiger partial charge in [0.1, 0.15) is 0 Å². The smallest absolute Gasteiger partial charge is 0.156 e. The van der Waals surface area contributed by atoms with Crippen LogP contribution in [0.15, 0.2) is 53.7 Å². The van der Waals surface area contributed by atoms with Crippen molar-refractivity contribution in [3.63, 3.8) is 0 Å². The SMILES string of the molecule is CCc1ccc(SOc2cccnc2)cc1. The van der Waals surface area contributed by atoms with Gasteiger partial charge in [0.05, 0.1) is 18.2 Å². The van der Waals surface area contributed by atoms with Crippen LogP contribution in [0, 0.1) is 0 Å². The van der Waals surface area contributed by atoms with Crippen LogP contribution in [-0.2, 0) is 6.42 Å². The molecule has 0 amide bonds. The first kappa shape index (κ1) is 11.0. The van der Waals surface area contributed by atoms with Crippen molar-refractivity contribution in [2.24, 2.45) is 0 Å². The van der Waals surface area contributed by atoms with Gasteiger partial charge in [-0.3, -0.25) is 4.98 Å². The van der Waals surface area contributed by atoms with E-state index in [1.54, 1.807) is 12.4 Å². The normalized spacial score (nSPS) is 10.1. The van der Waals surface area contributed by atoms with Crippen LogP contribution in [0.5, 0.6) is 5.75 Å². The van der Waals surface area contributed by atoms with Gasteiger partial charge in [-0.05, 0) is 36.2 Å². The molecule has 0 N–H and O–H groups in total. The van der Waals surface area contributed by atoms with E-state index in [2.05, 4.69) is 36.2 Å². The second-order valence-corrected chi connectivity index (χ2v) is 4.16. The summed E-state index contributed by atoms with van der Waals surface area (Å²) in [6.07, 6.45) is 4.50. The molecule has 1 heterocycles. The molecule has 0 saturated heterocycles. The average Bonchev–Trinajstić information content (AvgIpc) is 2.38. The summed E-state index contributed by atoms with van der Waals surface area (Å²) in [5.41, 5.74) is 1.34. The van der Waals surface area contributed by atoms with Crippen LogP contribution in [0.25, 0.3) is 0 Å². The van der Waals surface area contributed by atoms with Crippen molar-refractivity contribution in [2.75, 3.05) is 0 Å². The maximum atomic E-state index is 5.52. The molecule has 0 aliphatic heterocycles. The lowest BCUT2D eigenvalue weighted by atomic mass is 10.2. The second kappa shape index (κ2) is 5.56. The summed E-state index contributed by atoms with van der Waals surface area (Å²) in [7, 11) is 0. The Labute approximate surface area is 99.9 Å². The van der Waals surface area contributed by atoms with Crippen LogP contribution >= 0.6 is 12.0 Å². The van der Waals surface area contributed by atoms with Gasteiger partial charge in [-0.1, -0.05) is 19.1 Å². The van der Waals surface area contributed by atoms with Gasteiger partial charge in [-0.25, -0.2) is 0 Å². The number of aryl methyl sites for hydroxylation is 1. The highest BCUT2D eigenvalue weighted by Gasteiger charge is 1.97. The van der Waals surface area contributed by atoms with Crippen LogP contribution in [0.3, 0.4) is 0 Å². The lowest BCUT2D eigenvalue weighted by Crippen LogP contribution is -1.84. The van der Waals surface area contributed by atoms with Crippen LogP contribution in [0.1, 0.15) is 12.5 Å². The fraction of sp³-hybridized carbons (Fsp3) is 0.154. The number of benzene rings is 1. The van der Waals surface area contributed by atoms with E-state index in [4.69, 9.17) is 4.18 Å². The molecule has 3 heteroatoms. The molecule has 2 rings (SSSR count). The highest BCUT2D eigenvalue weighted by atomic mass is 32.2. The molecule has 82 valence electrons. The largest absolute Gasteiger partial charge is 0.419 e. The van der Waals surface area contributed by atoms with Gasteiger partial charge in [0.15, 0.2) is 5.75 Å². The van der Waals surface area contributed by atoms with E-state index in [0.29, 0.717) is 0 Å². The molecular weight excluding hydrogens is 218 g/mol. The van der Waals surface area contributed by atoms with E-state index in [1.165, 1.54) is 17.6 Å². The first-order chi connectivity index (χ1) is 7.88. The van der Waals surface area contributed by atoms with Crippen LogP contribution in [-0.4, -0.2) is 4.98 Å². The van der Waals surface area contributed by atoms with Crippen LogP contribution < -0.4 is 4.18 Å². The Balaban J connectivity index is 1.94. The summed E-state index contributed by atoms with van der Waals surface area (Å²) < 4.78 is 5.52. The first-order valence-corrected chi connectivity index (χ1v) is 5.96. The minimum atomic E-state index is 0.770. The highest BCUT2D eigenvalue weighted by molar-refractivity contribution is 7.95. The quantitative estimate of drug-likeness (QED) is 0.748. The maximum Gasteiger partial charge on any atom is 0.156 e. The van der Waals surface area contributed by atoms with Gasteiger partial charge < -0.3 is 4.18 Å². The summed E-state index contributed by atoms with van der Waals surface area (Å²) in [5, 5.41) is 0. The zero-order valence-electron chi connectivity index (χ0n) is 9.09. The third kappa shape index (κ3) is 3.00. The molecular formula is C13H13NOS. The molecule has 0 radical (unpaired) electrons. The molecule has 0 atom stereocenters. The average molecular weight is 231 g/mol. The maximum absolute atomic E-state index is 5.52. The van der Waals surface area contributed by atoms with E-state index in [1.807, 2.05) is 12.1 Å². The lowest BCUT2D eigenvalue weighted by Gasteiger charge is -2.03. The number of pyridine rings is 1. The molecule has 0 fully saturated rings. The summed E-state index contributed by atoms with van der Waals surface area (Å²) in [6.45, 7) is 2.15. The zero-order valence-corrected chi connectivity index (χ0v) is 9.91. The number of hydrogen-bond acceptors (Lipinski definition) is 3. The fourth-order valence-corrected chi connectivity index (χ4v) is 1.81. The molecule has 1 aromatic carbocycles. The molecule has 2 aromatic rings. The molecule has 2 nitrogen and oxygen atoms in total. The minimum absolute atomic E-state index is 0.770. The molecule has 0 aliphatic rings. The molecule has 1 aromatic heterocycles. The summed E-state index contributed by atoms with van der Waals surface area (Å²) in [5.74, 6) is 0.770. The van der Waals surface area contributed by atoms with Crippen molar-refractivity contribution in [2.45, 2.75) is 18.2 Å². The van der Waals surface area contributed by atoms with Crippen LogP contribution in [0.2, 0.25) is 0 Å². The van der Waals surface area contributed by atoms with E-state index in [0.717, 1.165) is 17.1 Å². The number of aromatic nitrogens is 1. The van der Waals surface area contributed by atoms with Crippen LogP contribution in [0.4, 0.5) is 0 Å². The Hall–Kier alpha value is -1.48. The van der Waals surface area contributed by atoms with E-state index >= 15 is 0 Å². The van der Waals surface area contributed by atoms with Gasteiger partial charge in [0.25, 0.3) is 0 Å². The Bertz CT molecular complexity index is 427. The Morgan fingerprint density at radius 2 is 2.00 bits per heavy atom. The second-order valence-electron chi connectivity index (χ2n) is 3.35. The Kier molecular flexibility index (Phi) is 3.83. The lowest BCUT2D eigenvalue weighted by molar-refractivity contribution is 0.641. The monoisotopic (exact) mass is 231 g/mol.